The van der Waals surface area contributed by atoms with Crippen LogP contribution < -0.4 is 16.4 Å². The first-order valence-corrected chi connectivity index (χ1v) is 7.94. The second-order valence-corrected chi connectivity index (χ2v) is 5.96. The molecule has 0 atom stereocenters. The number of amides is 1. The van der Waals surface area contributed by atoms with Crippen LogP contribution in [0.4, 0.5) is 10.9 Å². The highest BCUT2D eigenvalue weighted by atomic mass is 32.1. The van der Waals surface area contributed by atoms with Crippen LogP contribution in [-0.4, -0.2) is 48.5 Å². The van der Waals surface area contributed by atoms with Crippen LogP contribution in [0.1, 0.15) is 35.9 Å². The molecule has 2 heterocycles. The van der Waals surface area contributed by atoms with Crippen LogP contribution in [0.5, 0.6) is 0 Å². The molecule has 0 radical (unpaired) electrons. The maximum atomic E-state index is 12.8. The summed E-state index contributed by atoms with van der Waals surface area (Å²) in [6, 6.07) is 0.309. The zero-order chi connectivity index (χ0) is 14.5. The van der Waals surface area contributed by atoms with Crippen LogP contribution in [-0.2, 0) is 0 Å². The number of aromatic nitrogens is 1. The zero-order valence-electron chi connectivity index (χ0n) is 12.1. The van der Waals surface area contributed by atoms with Crippen molar-refractivity contribution in [3.05, 3.63) is 4.88 Å². The number of thiazole rings is 1. The zero-order valence-corrected chi connectivity index (χ0v) is 12.9. The van der Waals surface area contributed by atoms with Crippen molar-refractivity contribution in [2.24, 2.45) is 0 Å². The molecular formula is C13H23N5OS. The van der Waals surface area contributed by atoms with Gasteiger partial charge in [0.15, 0.2) is 5.13 Å². The first-order chi connectivity index (χ1) is 9.67. The second-order valence-electron chi connectivity index (χ2n) is 4.96. The molecule has 0 aromatic carbocycles. The van der Waals surface area contributed by atoms with Crippen molar-refractivity contribution in [2.75, 3.05) is 37.7 Å². The summed E-state index contributed by atoms with van der Waals surface area (Å²) in [5, 5.41) is 6.96. The Balaban J connectivity index is 2.18. The number of carbonyl (C=O) groups is 1. The first-order valence-electron chi connectivity index (χ1n) is 7.13. The summed E-state index contributed by atoms with van der Waals surface area (Å²) >= 11 is 1.33. The van der Waals surface area contributed by atoms with Crippen molar-refractivity contribution in [1.82, 2.24) is 15.2 Å². The summed E-state index contributed by atoms with van der Waals surface area (Å²) in [5.74, 6) is 0.356. The molecule has 1 amide bonds. The topological polar surface area (TPSA) is 83.3 Å². The molecule has 0 bridgehead atoms. The molecule has 1 aliphatic rings. The number of hydrogen-bond donors (Lipinski definition) is 3. The fourth-order valence-electron chi connectivity index (χ4n) is 2.53. The van der Waals surface area contributed by atoms with Crippen molar-refractivity contribution in [3.8, 4) is 0 Å². The SMILES string of the molecule is CCCN(C(=O)c1sc(NC)nc1N)C1CCNCC1. The van der Waals surface area contributed by atoms with Crippen LogP contribution in [0.2, 0.25) is 0 Å². The second kappa shape index (κ2) is 6.90. The summed E-state index contributed by atoms with van der Waals surface area (Å²) in [6.45, 7) is 4.81. The van der Waals surface area contributed by atoms with Gasteiger partial charge in [-0.1, -0.05) is 18.3 Å². The maximum Gasteiger partial charge on any atom is 0.268 e. The summed E-state index contributed by atoms with van der Waals surface area (Å²) in [4.78, 5) is 19.4. The third kappa shape index (κ3) is 3.21. The van der Waals surface area contributed by atoms with Gasteiger partial charge in [-0.15, -0.1) is 0 Å². The lowest BCUT2D eigenvalue weighted by molar-refractivity contribution is 0.0648. The number of nitrogens with two attached hydrogens (primary N) is 1. The van der Waals surface area contributed by atoms with E-state index in [0.717, 1.165) is 38.9 Å². The van der Waals surface area contributed by atoms with E-state index in [0.29, 0.717) is 21.9 Å². The molecule has 1 aromatic rings. The van der Waals surface area contributed by atoms with Crippen LogP contribution in [0.25, 0.3) is 0 Å². The molecular weight excluding hydrogens is 274 g/mol. The van der Waals surface area contributed by atoms with Gasteiger partial charge in [0.25, 0.3) is 5.91 Å². The molecule has 1 fully saturated rings. The standard InChI is InChI=1S/C13H23N5OS/c1-3-8-18(9-4-6-16-7-5-9)12(19)10-11(14)17-13(15-2)20-10/h9,16H,3-8,14H2,1-2H3,(H,15,17). The highest BCUT2D eigenvalue weighted by Gasteiger charge is 2.28. The molecule has 112 valence electrons. The van der Waals surface area contributed by atoms with Crippen molar-refractivity contribution in [3.63, 3.8) is 0 Å². The number of piperidine rings is 1. The quantitative estimate of drug-likeness (QED) is 0.764. The molecule has 0 aliphatic carbocycles. The monoisotopic (exact) mass is 297 g/mol. The Kier molecular flexibility index (Phi) is 5.19. The van der Waals surface area contributed by atoms with Crippen molar-refractivity contribution in [2.45, 2.75) is 32.2 Å². The van der Waals surface area contributed by atoms with Gasteiger partial charge in [0.2, 0.25) is 0 Å². The smallest absolute Gasteiger partial charge is 0.268 e. The number of nitrogen functional groups attached to an aromatic ring is 1. The Labute approximate surface area is 123 Å². The van der Waals surface area contributed by atoms with Crippen molar-refractivity contribution in [1.29, 1.82) is 0 Å². The van der Waals surface area contributed by atoms with Gasteiger partial charge >= 0.3 is 0 Å². The van der Waals surface area contributed by atoms with E-state index in [-0.39, 0.29) is 5.91 Å². The molecule has 1 saturated heterocycles. The van der Waals surface area contributed by atoms with Crippen molar-refractivity contribution < 1.29 is 4.79 Å². The predicted molar refractivity (Wildman–Crippen MR) is 83.3 cm³/mol. The average molecular weight is 297 g/mol. The van der Waals surface area contributed by atoms with E-state index in [2.05, 4.69) is 22.5 Å². The molecule has 6 nitrogen and oxygen atoms in total. The van der Waals surface area contributed by atoms with E-state index in [1.54, 1.807) is 7.05 Å². The van der Waals surface area contributed by atoms with Crippen molar-refractivity contribution >= 4 is 28.2 Å². The Bertz CT molecular complexity index is 456. The van der Waals surface area contributed by atoms with Crippen LogP contribution >= 0.6 is 11.3 Å². The lowest BCUT2D eigenvalue weighted by Crippen LogP contribution is -2.46. The van der Waals surface area contributed by atoms with Crippen LogP contribution in [0.3, 0.4) is 0 Å². The number of rotatable bonds is 5. The van der Waals surface area contributed by atoms with E-state index >= 15 is 0 Å². The van der Waals surface area contributed by atoms with E-state index < -0.39 is 0 Å². The molecule has 4 N–H and O–H groups in total. The minimum atomic E-state index is 0.0234. The number of hydrogen-bond acceptors (Lipinski definition) is 6. The predicted octanol–water partition coefficient (Wildman–Crippen LogP) is 1.37. The molecule has 20 heavy (non-hydrogen) atoms. The van der Waals surface area contributed by atoms with Gasteiger partial charge in [0, 0.05) is 19.6 Å². The lowest BCUT2D eigenvalue weighted by Gasteiger charge is -2.34. The average Bonchev–Trinajstić information content (AvgIpc) is 2.86. The minimum Gasteiger partial charge on any atom is -0.382 e. The van der Waals surface area contributed by atoms with Gasteiger partial charge in [0.05, 0.1) is 0 Å². The highest BCUT2D eigenvalue weighted by molar-refractivity contribution is 7.18. The van der Waals surface area contributed by atoms with E-state index in [4.69, 9.17) is 5.73 Å². The van der Waals surface area contributed by atoms with Gasteiger partial charge in [-0.3, -0.25) is 4.79 Å². The fourth-order valence-corrected chi connectivity index (χ4v) is 3.33. The fraction of sp³-hybridized carbons (Fsp3) is 0.692. The molecule has 0 spiro atoms. The summed E-state index contributed by atoms with van der Waals surface area (Å²) in [5.41, 5.74) is 5.88. The Hall–Kier alpha value is -1.34. The van der Waals surface area contributed by atoms with Crippen LogP contribution in [0, 0.1) is 0 Å². The van der Waals surface area contributed by atoms with E-state index in [9.17, 15) is 4.79 Å². The Morgan fingerprint density at radius 3 is 2.80 bits per heavy atom. The lowest BCUT2D eigenvalue weighted by atomic mass is 10.0. The molecule has 1 aliphatic heterocycles. The molecule has 0 saturated carbocycles. The minimum absolute atomic E-state index is 0.0234. The Morgan fingerprint density at radius 1 is 1.55 bits per heavy atom. The molecule has 0 unspecified atom stereocenters. The Morgan fingerprint density at radius 2 is 2.25 bits per heavy atom. The largest absolute Gasteiger partial charge is 0.382 e. The first kappa shape index (κ1) is 15.1. The van der Waals surface area contributed by atoms with E-state index in [1.807, 2.05) is 4.90 Å². The van der Waals surface area contributed by atoms with Gasteiger partial charge in [-0.2, -0.15) is 0 Å². The number of carbonyl (C=O) groups excluding carboxylic acids is 1. The summed E-state index contributed by atoms with van der Waals surface area (Å²) in [7, 11) is 1.78. The number of anilines is 2. The summed E-state index contributed by atoms with van der Waals surface area (Å²) in [6.07, 6.45) is 2.96. The van der Waals surface area contributed by atoms with Crippen LogP contribution in [0.15, 0.2) is 0 Å². The number of nitrogens with one attached hydrogen (secondary N) is 2. The molecule has 1 aromatic heterocycles. The maximum absolute atomic E-state index is 12.8. The molecule has 2 rings (SSSR count). The van der Waals surface area contributed by atoms with Gasteiger partial charge in [0.1, 0.15) is 10.7 Å². The third-order valence-corrected chi connectivity index (χ3v) is 4.61. The highest BCUT2D eigenvalue weighted by Crippen LogP contribution is 2.27. The van der Waals surface area contributed by atoms with Gasteiger partial charge in [-0.05, 0) is 32.4 Å². The van der Waals surface area contributed by atoms with Gasteiger partial charge < -0.3 is 21.3 Å². The molecule has 7 heteroatoms. The normalized spacial score (nSPS) is 16.1. The van der Waals surface area contributed by atoms with E-state index in [1.165, 1.54) is 11.3 Å². The van der Waals surface area contributed by atoms with Gasteiger partial charge in [-0.25, -0.2) is 4.98 Å². The third-order valence-electron chi connectivity index (χ3n) is 3.54. The summed E-state index contributed by atoms with van der Waals surface area (Å²) < 4.78 is 0. The number of nitrogens with zero attached hydrogens (tertiary/aromatic N) is 2.